The van der Waals surface area contributed by atoms with Crippen LogP contribution >= 0.6 is 0 Å². The Balaban J connectivity index is 2.47. The van der Waals surface area contributed by atoms with Gasteiger partial charge in [0.15, 0.2) is 5.54 Å². The third kappa shape index (κ3) is 3.23. The summed E-state index contributed by atoms with van der Waals surface area (Å²) in [6.45, 7) is 4.37. The molecular weight excluding hydrogens is 326 g/mol. The summed E-state index contributed by atoms with van der Waals surface area (Å²) in [5, 5.41) is 33.9. The van der Waals surface area contributed by atoms with Gasteiger partial charge in [0.05, 0.1) is 12.0 Å². The molecule has 7 heteroatoms. The van der Waals surface area contributed by atoms with Crippen LogP contribution < -0.4 is 5.32 Å². The lowest BCUT2D eigenvalue weighted by atomic mass is 9.68. The number of hydrogen-bond acceptors (Lipinski definition) is 6. The fourth-order valence-corrected chi connectivity index (χ4v) is 3.90. The minimum atomic E-state index is -2.00. The number of ether oxygens (including phenoxy) is 1. The molecule has 0 aromatic rings. The van der Waals surface area contributed by atoms with E-state index in [0.29, 0.717) is 6.42 Å². The van der Waals surface area contributed by atoms with E-state index in [1.165, 1.54) is 13.0 Å². The van der Waals surface area contributed by atoms with Crippen molar-refractivity contribution in [3.05, 3.63) is 24.8 Å². The Morgan fingerprint density at radius 2 is 2.32 bits per heavy atom. The van der Waals surface area contributed by atoms with Crippen LogP contribution in [0.5, 0.6) is 0 Å². The zero-order valence-corrected chi connectivity index (χ0v) is 14.5. The molecule has 0 aromatic heterocycles. The van der Waals surface area contributed by atoms with Crippen LogP contribution in [-0.4, -0.2) is 57.7 Å². The summed E-state index contributed by atoms with van der Waals surface area (Å²) in [5.41, 5.74) is -3.92. The first-order valence-electron chi connectivity index (χ1n) is 8.61. The Kier molecular flexibility index (Phi) is 6.03. The molecule has 1 aliphatic heterocycles. The first-order valence-corrected chi connectivity index (χ1v) is 8.61. The van der Waals surface area contributed by atoms with Crippen molar-refractivity contribution in [3.8, 4) is 0 Å². The minimum absolute atomic E-state index is 0.0253. The summed E-state index contributed by atoms with van der Waals surface area (Å²) < 4.78 is 5.12. The number of allylic oxidation sites excluding steroid dienone is 1. The van der Waals surface area contributed by atoms with E-state index in [9.17, 15) is 24.9 Å². The second-order valence-corrected chi connectivity index (χ2v) is 6.86. The van der Waals surface area contributed by atoms with Gasteiger partial charge in [0, 0.05) is 12.5 Å². The van der Waals surface area contributed by atoms with Crippen molar-refractivity contribution in [1.29, 1.82) is 0 Å². The number of nitrogens with one attached hydrogen (secondary N) is 1. The van der Waals surface area contributed by atoms with Crippen molar-refractivity contribution in [3.63, 3.8) is 0 Å². The molecule has 0 saturated carbocycles. The van der Waals surface area contributed by atoms with Gasteiger partial charge in [-0.25, -0.2) is 4.79 Å². The number of rotatable bonds is 7. The Morgan fingerprint density at radius 3 is 2.88 bits per heavy atom. The Hall–Kier alpha value is -1.70. The van der Waals surface area contributed by atoms with Crippen molar-refractivity contribution < 1.29 is 29.6 Å². The van der Waals surface area contributed by atoms with Crippen LogP contribution in [0.2, 0.25) is 0 Å². The molecule has 0 unspecified atom stereocenters. The molecule has 140 valence electrons. The normalized spacial score (nSPS) is 35.9. The third-order valence-corrected chi connectivity index (χ3v) is 5.33. The highest BCUT2D eigenvalue weighted by Gasteiger charge is 2.69. The lowest BCUT2D eigenvalue weighted by Crippen LogP contribution is -2.70. The monoisotopic (exact) mass is 353 g/mol. The Bertz CT molecular complexity index is 558. The Labute approximate surface area is 147 Å². The maximum atomic E-state index is 12.8. The van der Waals surface area contributed by atoms with E-state index in [-0.39, 0.29) is 19.6 Å². The van der Waals surface area contributed by atoms with Crippen LogP contribution in [-0.2, 0) is 14.3 Å². The van der Waals surface area contributed by atoms with Gasteiger partial charge in [0.25, 0.3) is 0 Å². The molecule has 0 spiro atoms. The summed E-state index contributed by atoms with van der Waals surface area (Å²) in [4.78, 5) is 25.3. The van der Waals surface area contributed by atoms with Crippen LogP contribution in [0.15, 0.2) is 24.8 Å². The van der Waals surface area contributed by atoms with Crippen LogP contribution in [0, 0.1) is 11.8 Å². The molecular formula is C18H27NO6. The van der Waals surface area contributed by atoms with E-state index >= 15 is 0 Å². The van der Waals surface area contributed by atoms with E-state index in [0.717, 1.165) is 12.8 Å². The topological polar surface area (TPSA) is 116 Å². The predicted molar refractivity (Wildman–Crippen MR) is 90.3 cm³/mol. The highest BCUT2D eigenvalue weighted by Crippen LogP contribution is 2.44. The van der Waals surface area contributed by atoms with Gasteiger partial charge in [-0.3, -0.25) is 4.79 Å². The summed E-state index contributed by atoms with van der Waals surface area (Å²) >= 11 is 0. The van der Waals surface area contributed by atoms with Crippen molar-refractivity contribution in [2.24, 2.45) is 11.8 Å². The Morgan fingerprint density at radius 1 is 1.60 bits per heavy atom. The van der Waals surface area contributed by atoms with Crippen molar-refractivity contribution in [2.45, 2.75) is 49.9 Å². The van der Waals surface area contributed by atoms with E-state index < -0.39 is 41.0 Å². The second-order valence-electron chi connectivity index (χ2n) is 6.86. The van der Waals surface area contributed by atoms with E-state index in [4.69, 9.17) is 4.74 Å². The maximum Gasteiger partial charge on any atom is 0.338 e. The standard InChI is InChI=1S/C18H27NO6/c1-3-11-25-16(23)18(14(21)12-7-5-4-6-8-12)17(2,24)13(9-10-20)15(22)19-18/h3,5,7,12-14,20-21,24H,1,4,6,8-11H2,2H3,(H,19,22)/t12-,13+,14-,17+,18+/m1/s1. The molecule has 1 heterocycles. The molecule has 1 amide bonds. The van der Waals surface area contributed by atoms with Crippen LogP contribution in [0.3, 0.4) is 0 Å². The quantitative estimate of drug-likeness (QED) is 0.380. The molecule has 1 saturated heterocycles. The van der Waals surface area contributed by atoms with Gasteiger partial charge in [-0.2, -0.15) is 0 Å². The number of carbonyl (C=O) groups is 2. The molecule has 0 bridgehead atoms. The fourth-order valence-electron chi connectivity index (χ4n) is 3.90. The van der Waals surface area contributed by atoms with E-state index in [1.807, 2.05) is 6.08 Å². The number of aliphatic hydroxyl groups is 3. The van der Waals surface area contributed by atoms with E-state index in [2.05, 4.69) is 11.9 Å². The van der Waals surface area contributed by atoms with Crippen molar-refractivity contribution >= 4 is 11.9 Å². The number of hydrogen-bond donors (Lipinski definition) is 4. The lowest BCUT2D eigenvalue weighted by Gasteiger charge is -2.44. The fraction of sp³-hybridized carbons (Fsp3) is 0.667. The molecule has 2 aliphatic rings. The van der Waals surface area contributed by atoms with Gasteiger partial charge in [-0.1, -0.05) is 24.8 Å². The summed E-state index contributed by atoms with van der Waals surface area (Å²) in [6, 6.07) is 0. The zero-order chi connectivity index (χ0) is 18.7. The number of carbonyl (C=O) groups excluding carboxylic acids is 2. The zero-order valence-electron chi connectivity index (χ0n) is 14.5. The van der Waals surface area contributed by atoms with Gasteiger partial charge < -0.3 is 25.4 Å². The molecule has 0 aromatic carbocycles. The van der Waals surface area contributed by atoms with Gasteiger partial charge in [-0.15, -0.1) is 0 Å². The third-order valence-electron chi connectivity index (χ3n) is 5.33. The molecule has 1 aliphatic carbocycles. The summed E-state index contributed by atoms with van der Waals surface area (Å²) in [5.74, 6) is -2.92. The minimum Gasteiger partial charge on any atom is -0.460 e. The smallest absolute Gasteiger partial charge is 0.338 e. The number of amides is 1. The van der Waals surface area contributed by atoms with Crippen molar-refractivity contribution in [1.82, 2.24) is 5.32 Å². The van der Waals surface area contributed by atoms with Crippen LogP contribution in [0.1, 0.15) is 32.6 Å². The molecule has 1 fully saturated rings. The van der Waals surface area contributed by atoms with Gasteiger partial charge in [-0.05, 0) is 32.6 Å². The van der Waals surface area contributed by atoms with Gasteiger partial charge in [0.2, 0.25) is 5.91 Å². The van der Waals surface area contributed by atoms with Crippen molar-refractivity contribution in [2.75, 3.05) is 13.2 Å². The first-order chi connectivity index (χ1) is 11.8. The molecule has 7 nitrogen and oxygen atoms in total. The largest absolute Gasteiger partial charge is 0.460 e. The average Bonchev–Trinajstić information content (AvgIpc) is 2.81. The molecule has 4 N–H and O–H groups in total. The summed E-state index contributed by atoms with van der Waals surface area (Å²) in [6.07, 6.45) is 6.06. The summed E-state index contributed by atoms with van der Waals surface area (Å²) in [7, 11) is 0. The number of aliphatic hydroxyl groups excluding tert-OH is 2. The number of esters is 1. The molecule has 0 radical (unpaired) electrons. The first kappa shape index (κ1) is 19.6. The maximum absolute atomic E-state index is 12.8. The van der Waals surface area contributed by atoms with Crippen LogP contribution in [0.25, 0.3) is 0 Å². The predicted octanol–water partition coefficient (Wildman–Crippen LogP) is 0.0510. The van der Waals surface area contributed by atoms with Gasteiger partial charge in [0.1, 0.15) is 12.2 Å². The average molecular weight is 353 g/mol. The highest BCUT2D eigenvalue weighted by atomic mass is 16.5. The second kappa shape index (κ2) is 7.68. The van der Waals surface area contributed by atoms with E-state index in [1.54, 1.807) is 6.08 Å². The molecule has 2 rings (SSSR count). The van der Waals surface area contributed by atoms with Gasteiger partial charge >= 0.3 is 5.97 Å². The SMILES string of the molecule is C=CCOC(=O)[C@]1([C@H](O)[C@@H]2C=CCCC2)NC(=O)[C@H](CCO)[C@]1(C)O. The highest BCUT2D eigenvalue weighted by molar-refractivity contribution is 5.96. The van der Waals surface area contributed by atoms with Crippen LogP contribution in [0.4, 0.5) is 0 Å². The molecule has 5 atom stereocenters. The lowest BCUT2D eigenvalue weighted by molar-refractivity contribution is -0.175. The molecule has 25 heavy (non-hydrogen) atoms.